The average molecular weight is 236 g/mol. The third kappa shape index (κ3) is 1.11. The molecule has 0 aromatic rings. The summed E-state index contributed by atoms with van der Waals surface area (Å²) in [4.78, 5) is 0. The van der Waals surface area contributed by atoms with E-state index in [1.54, 1.807) is 6.42 Å². The van der Waals surface area contributed by atoms with Crippen molar-refractivity contribution in [3.63, 3.8) is 0 Å². The molecule has 0 spiro atoms. The molecule has 4 saturated carbocycles. The fourth-order valence-electron chi connectivity index (χ4n) is 5.70. The molecule has 90 valence electrons. The molecule has 4 aliphatic rings. The molecule has 1 nitrogen and oxygen atoms in total. The van der Waals surface area contributed by atoms with Crippen LogP contribution in [0, 0.1) is 29.6 Å². The summed E-state index contributed by atoms with van der Waals surface area (Å²) in [6.45, 7) is 7.11. The van der Waals surface area contributed by atoms with E-state index in [1.807, 2.05) is 0 Å². The molecular formula is C14H24OSi. The predicted molar refractivity (Wildman–Crippen MR) is 67.7 cm³/mol. The molecule has 0 radical (unpaired) electrons. The summed E-state index contributed by atoms with van der Waals surface area (Å²) in [6, 6.07) is 0. The number of hydrogen-bond donors (Lipinski definition) is 0. The van der Waals surface area contributed by atoms with Gasteiger partial charge in [-0.15, -0.1) is 0 Å². The van der Waals surface area contributed by atoms with E-state index < -0.39 is 8.32 Å². The van der Waals surface area contributed by atoms with Crippen molar-refractivity contribution in [1.82, 2.24) is 0 Å². The van der Waals surface area contributed by atoms with Gasteiger partial charge in [0.1, 0.15) is 0 Å². The number of rotatable bonds is 2. The van der Waals surface area contributed by atoms with Crippen molar-refractivity contribution in [2.75, 3.05) is 0 Å². The molecule has 16 heavy (non-hydrogen) atoms. The topological polar surface area (TPSA) is 9.23 Å². The second kappa shape index (κ2) is 2.77. The SMILES string of the molecule is C[Si](C)(C)O[C@]12C[C@H]1[C@H]1C[C@@H]2[C@H]2CCC[C@H]21. The zero-order chi connectivity index (χ0) is 11.1. The van der Waals surface area contributed by atoms with Gasteiger partial charge in [-0.25, -0.2) is 0 Å². The normalized spacial score (nSPS) is 57.6. The Kier molecular flexibility index (Phi) is 1.75. The summed E-state index contributed by atoms with van der Waals surface area (Å²) in [5.41, 5.74) is 0.417. The largest absolute Gasteiger partial charge is 0.412 e. The Morgan fingerprint density at radius 2 is 1.75 bits per heavy atom. The van der Waals surface area contributed by atoms with Crippen LogP contribution in [0.4, 0.5) is 0 Å². The highest BCUT2D eigenvalue weighted by atomic mass is 28.4. The van der Waals surface area contributed by atoms with Crippen molar-refractivity contribution in [2.45, 2.75) is 57.3 Å². The van der Waals surface area contributed by atoms with Gasteiger partial charge in [-0.3, -0.25) is 0 Å². The minimum absolute atomic E-state index is 0.417. The van der Waals surface area contributed by atoms with Crippen LogP contribution in [0.3, 0.4) is 0 Å². The molecule has 4 rings (SSSR count). The third-order valence-electron chi connectivity index (χ3n) is 5.86. The standard InChI is InChI=1S/C14H24OSi/c1-16(2,3)15-14-8-13(14)11-7-12(14)10-6-4-5-9(10)11/h9-13H,4-8H2,1-3H3/t9-,10+,11+,12-,13+,14+/m1/s1. The first-order valence-corrected chi connectivity index (χ1v) is 10.6. The molecule has 0 amide bonds. The molecule has 0 heterocycles. The lowest BCUT2D eigenvalue weighted by Crippen LogP contribution is -2.41. The molecule has 0 N–H and O–H groups in total. The lowest BCUT2D eigenvalue weighted by Gasteiger charge is -2.36. The van der Waals surface area contributed by atoms with Gasteiger partial charge >= 0.3 is 0 Å². The lowest BCUT2D eigenvalue weighted by atomic mass is 9.80. The molecule has 0 unspecified atom stereocenters. The number of fused-ring (bicyclic) bond motifs is 8. The fraction of sp³-hybridized carbons (Fsp3) is 1.00. The van der Waals surface area contributed by atoms with Gasteiger partial charge in [0, 0.05) is 0 Å². The van der Waals surface area contributed by atoms with Crippen molar-refractivity contribution in [3.05, 3.63) is 0 Å². The van der Waals surface area contributed by atoms with Gasteiger partial charge in [0.25, 0.3) is 0 Å². The van der Waals surface area contributed by atoms with Crippen molar-refractivity contribution < 1.29 is 4.43 Å². The van der Waals surface area contributed by atoms with Gasteiger partial charge in [-0.2, -0.15) is 0 Å². The Hall–Kier alpha value is 0.177. The summed E-state index contributed by atoms with van der Waals surface area (Å²) in [5.74, 6) is 5.23. The Morgan fingerprint density at radius 1 is 1.00 bits per heavy atom. The minimum atomic E-state index is -1.33. The van der Waals surface area contributed by atoms with Crippen molar-refractivity contribution in [3.8, 4) is 0 Å². The Morgan fingerprint density at radius 3 is 2.50 bits per heavy atom. The molecule has 0 saturated heterocycles. The van der Waals surface area contributed by atoms with Crippen LogP contribution in [0.2, 0.25) is 19.6 Å². The van der Waals surface area contributed by atoms with E-state index in [9.17, 15) is 0 Å². The molecular weight excluding hydrogens is 212 g/mol. The summed E-state index contributed by atoms with van der Waals surface area (Å²) in [5, 5.41) is 0. The van der Waals surface area contributed by atoms with Crippen LogP contribution < -0.4 is 0 Å². The number of hydrogen-bond acceptors (Lipinski definition) is 1. The molecule has 6 atom stereocenters. The highest BCUT2D eigenvalue weighted by molar-refractivity contribution is 6.69. The van der Waals surface area contributed by atoms with Crippen LogP contribution in [0.5, 0.6) is 0 Å². The summed E-state index contributed by atoms with van der Waals surface area (Å²) in [6.07, 6.45) is 7.54. The van der Waals surface area contributed by atoms with Crippen LogP contribution in [-0.2, 0) is 4.43 Å². The second-order valence-electron chi connectivity index (χ2n) is 7.74. The first-order valence-electron chi connectivity index (χ1n) is 7.21. The highest BCUT2D eigenvalue weighted by Gasteiger charge is 2.76. The summed E-state index contributed by atoms with van der Waals surface area (Å²) < 4.78 is 6.64. The Bertz CT molecular complexity index is 332. The summed E-state index contributed by atoms with van der Waals surface area (Å²) in [7, 11) is -1.33. The fourth-order valence-corrected chi connectivity index (χ4v) is 7.23. The van der Waals surface area contributed by atoms with E-state index in [0.717, 1.165) is 29.6 Å². The van der Waals surface area contributed by atoms with Gasteiger partial charge in [-0.1, -0.05) is 6.42 Å². The van der Waals surface area contributed by atoms with Gasteiger partial charge in [0.05, 0.1) is 5.60 Å². The quantitative estimate of drug-likeness (QED) is 0.665. The van der Waals surface area contributed by atoms with Crippen LogP contribution in [0.15, 0.2) is 0 Å². The van der Waals surface area contributed by atoms with Crippen LogP contribution in [-0.4, -0.2) is 13.9 Å². The first-order chi connectivity index (χ1) is 7.51. The Balaban J connectivity index is 1.62. The molecule has 2 heteroatoms. The van der Waals surface area contributed by atoms with Gasteiger partial charge in [-0.05, 0) is 74.9 Å². The molecule has 0 aromatic heterocycles. The van der Waals surface area contributed by atoms with E-state index in [-0.39, 0.29) is 0 Å². The molecule has 4 aliphatic carbocycles. The zero-order valence-corrected chi connectivity index (χ0v) is 11.8. The Labute approximate surface area is 100 Å². The molecule has 0 aromatic carbocycles. The molecule has 2 bridgehead atoms. The van der Waals surface area contributed by atoms with Crippen LogP contribution in [0.25, 0.3) is 0 Å². The lowest BCUT2D eigenvalue weighted by molar-refractivity contribution is 0.0549. The monoisotopic (exact) mass is 236 g/mol. The zero-order valence-electron chi connectivity index (χ0n) is 10.8. The average Bonchev–Trinajstić information content (AvgIpc) is 2.57. The van der Waals surface area contributed by atoms with Crippen molar-refractivity contribution >= 4 is 8.32 Å². The maximum Gasteiger partial charge on any atom is 0.184 e. The van der Waals surface area contributed by atoms with E-state index in [4.69, 9.17) is 4.43 Å². The van der Waals surface area contributed by atoms with Crippen LogP contribution >= 0.6 is 0 Å². The van der Waals surface area contributed by atoms with Crippen molar-refractivity contribution in [1.29, 1.82) is 0 Å². The van der Waals surface area contributed by atoms with Crippen molar-refractivity contribution in [2.24, 2.45) is 29.6 Å². The van der Waals surface area contributed by atoms with Gasteiger partial charge < -0.3 is 4.43 Å². The van der Waals surface area contributed by atoms with E-state index in [2.05, 4.69) is 19.6 Å². The van der Waals surface area contributed by atoms with E-state index in [0.29, 0.717) is 5.60 Å². The summed E-state index contributed by atoms with van der Waals surface area (Å²) >= 11 is 0. The smallest absolute Gasteiger partial charge is 0.184 e. The minimum Gasteiger partial charge on any atom is -0.412 e. The molecule has 0 aliphatic heterocycles. The predicted octanol–water partition coefficient (Wildman–Crippen LogP) is 3.66. The first kappa shape index (κ1) is 10.1. The van der Waals surface area contributed by atoms with Crippen LogP contribution in [0.1, 0.15) is 32.1 Å². The molecule has 4 fully saturated rings. The van der Waals surface area contributed by atoms with Gasteiger partial charge in [0.2, 0.25) is 0 Å². The van der Waals surface area contributed by atoms with E-state index >= 15 is 0 Å². The van der Waals surface area contributed by atoms with E-state index in [1.165, 1.54) is 25.7 Å². The highest BCUT2D eigenvalue weighted by Crippen LogP contribution is 2.76. The second-order valence-corrected chi connectivity index (χ2v) is 12.2. The maximum absolute atomic E-state index is 6.64. The van der Waals surface area contributed by atoms with Gasteiger partial charge in [0.15, 0.2) is 8.32 Å². The third-order valence-corrected chi connectivity index (χ3v) is 6.86. The maximum atomic E-state index is 6.64.